The summed E-state index contributed by atoms with van der Waals surface area (Å²) < 4.78 is 46.4. The maximum absolute atomic E-state index is 12.6. The zero-order valence-corrected chi connectivity index (χ0v) is 16.9. The van der Waals surface area contributed by atoms with Crippen LogP contribution < -0.4 is 14.8 Å². The predicted molar refractivity (Wildman–Crippen MR) is 106 cm³/mol. The van der Waals surface area contributed by atoms with Crippen molar-refractivity contribution in [1.82, 2.24) is 10.2 Å². The van der Waals surface area contributed by atoms with E-state index in [1.165, 1.54) is 29.2 Å². The highest BCUT2D eigenvalue weighted by molar-refractivity contribution is 5.80. The summed E-state index contributed by atoms with van der Waals surface area (Å²) in [4.78, 5) is 14.1. The molecule has 1 saturated heterocycles. The minimum Gasteiger partial charge on any atom is -0.490 e. The quantitative estimate of drug-likeness (QED) is 0.694. The molecule has 31 heavy (non-hydrogen) atoms. The zero-order chi connectivity index (χ0) is 22.4. The molecule has 2 atom stereocenters. The maximum atomic E-state index is 12.6. The third-order valence-electron chi connectivity index (χ3n) is 5.59. The number of nitriles is 1. The molecular formula is C22H24F3N3O3. The maximum Gasteiger partial charge on any atom is 0.573 e. The highest BCUT2D eigenvalue weighted by atomic mass is 19.4. The fraction of sp³-hybridized carbons (Fsp3) is 0.545. The first-order valence-electron chi connectivity index (χ1n) is 10.2. The van der Waals surface area contributed by atoms with E-state index in [1.807, 2.05) is 0 Å². The molecule has 1 aromatic rings. The third kappa shape index (κ3) is 6.28. The van der Waals surface area contributed by atoms with Gasteiger partial charge in [-0.3, -0.25) is 4.79 Å². The number of likely N-dealkylation sites (tertiary alicyclic amines) is 1. The first-order chi connectivity index (χ1) is 14.8. The fourth-order valence-electron chi connectivity index (χ4n) is 4.07. The standard InChI is InChI=1S/C22H24F3N3O3/c1-2-16-5-6-17(13-26)28(16)21(29)14-27-15-3-7-18(8-4-15)30-19-9-11-20(12-10-19)31-22(23,24)25/h1,9-12,15-18,27H,3-8,14H2/t15?,16-,17?,18?/m1/s1. The molecule has 0 aromatic heterocycles. The van der Waals surface area contributed by atoms with Gasteiger partial charge in [0.25, 0.3) is 0 Å². The SMILES string of the molecule is C#C[C@@H]1CCC(C#N)N1C(=O)CNC1CCC(Oc2ccc(OC(F)(F)F)cc2)CC1. The molecule has 1 N–H and O–H groups in total. The summed E-state index contributed by atoms with van der Waals surface area (Å²) in [5.41, 5.74) is 0. The normalized spacial score (nSPS) is 26.0. The molecule has 1 saturated carbocycles. The Morgan fingerprint density at radius 3 is 2.29 bits per heavy atom. The van der Waals surface area contributed by atoms with Gasteiger partial charge < -0.3 is 19.7 Å². The number of nitrogens with zero attached hydrogens (tertiary/aromatic N) is 2. The summed E-state index contributed by atoms with van der Waals surface area (Å²) in [5, 5.41) is 12.5. The molecule has 1 amide bonds. The summed E-state index contributed by atoms with van der Waals surface area (Å²) in [6.45, 7) is 0.132. The number of alkyl halides is 3. The Morgan fingerprint density at radius 2 is 1.71 bits per heavy atom. The molecule has 6 nitrogen and oxygen atoms in total. The van der Waals surface area contributed by atoms with Gasteiger partial charge in [0.1, 0.15) is 17.5 Å². The molecular weight excluding hydrogens is 411 g/mol. The van der Waals surface area contributed by atoms with Crippen LogP contribution in [0.1, 0.15) is 38.5 Å². The molecule has 166 valence electrons. The summed E-state index contributed by atoms with van der Waals surface area (Å²) in [5.74, 6) is 2.62. The van der Waals surface area contributed by atoms with Crippen molar-refractivity contribution in [3.8, 4) is 29.9 Å². The average molecular weight is 435 g/mol. The van der Waals surface area contributed by atoms with Crippen LogP contribution in [0.2, 0.25) is 0 Å². The zero-order valence-electron chi connectivity index (χ0n) is 16.9. The number of ether oxygens (including phenoxy) is 2. The Morgan fingerprint density at radius 1 is 1.10 bits per heavy atom. The van der Waals surface area contributed by atoms with Crippen LogP contribution in [0.25, 0.3) is 0 Å². The molecule has 0 radical (unpaired) electrons. The molecule has 1 aliphatic heterocycles. The number of carbonyl (C=O) groups is 1. The molecule has 1 unspecified atom stereocenters. The fourth-order valence-corrected chi connectivity index (χ4v) is 4.07. The second kappa shape index (κ2) is 9.93. The number of hydrogen-bond acceptors (Lipinski definition) is 5. The lowest BCUT2D eigenvalue weighted by atomic mass is 9.93. The summed E-state index contributed by atoms with van der Waals surface area (Å²) in [6, 6.07) is 6.85. The molecule has 0 bridgehead atoms. The van der Waals surface area contributed by atoms with Crippen molar-refractivity contribution in [3.05, 3.63) is 24.3 Å². The third-order valence-corrected chi connectivity index (χ3v) is 5.59. The summed E-state index contributed by atoms with van der Waals surface area (Å²) in [6.07, 6.45) is 5.07. The van der Waals surface area contributed by atoms with Crippen molar-refractivity contribution in [2.75, 3.05) is 6.54 Å². The Bertz CT molecular complexity index is 815. The first kappa shape index (κ1) is 22.8. The molecule has 0 spiro atoms. The van der Waals surface area contributed by atoms with E-state index in [1.54, 1.807) is 0 Å². The predicted octanol–water partition coefficient (Wildman–Crippen LogP) is 3.38. The van der Waals surface area contributed by atoms with Crippen LogP contribution in [0.15, 0.2) is 24.3 Å². The van der Waals surface area contributed by atoms with E-state index in [0.717, 1.165) is 25.7 Å². The molecule has 2 aliphatic rings. The second-order valence-corrected chi connectivity index (χ2v) is 7.70. The van der Waals surface area contributed by atoms with Crippen molar-refractivity contribution in [2.24, 2.45) is 0 Å². The van der Waals surface area contributed by atoms with Gasteiger partial charge in [0, 0.05) is 6.04 Å². The van der Waals surface area contributed by atoms with Gasteiger partial charge in [0.05, 0.1) is 24.8 Å². The average Bonchev–Trinajstić information content (AvgIpc) is 3.17. The number of carbonyl (C=O) groups excluding carboxylic acids is 1. The van der Waals surface area contributed by atoms with Crippen molar-refractivity contribution in [3.63, 3.8) is 0 Å². The van der Waals surface area contributed by atoms with Crippen LogP contribution in [0.3, 0.4) is 0 Å². The van der Waals surface area contributed by atoms with Crippen molar-refractivity contribution in [2.45, 2.75) is 69.1 Å². The molecule has 1 heterocycles. The number of amides is 1. The number of nitrogens with one attached hydrogen (secondary N) is 1. The number of rotatable bonds is 6. The van der Waals surface area contributed by atoms with Gasteiger partial charge in [-0.1, -0.05) is 5.92 Å². The molecule has 1 aliphatic carbocycles. The van der Waals surface area contributed by atoms with Gasteiger partial charge in [0.15, 0.2) is 0 Å². The smallest absolute Gasteiger partial charge is 0.490 e. The number of hydrogen-bond donors (Lipinski definition) is 1. The first-order valence-corrected chi connectivity index (χ1v) is 10.2. The van der Waals surface area contributed by atoms with Gasteiger partial charge in [-0.05, 0) is 62.8 Å². The highest BCUT2D eigenvalue weighted by Gasteiger charge is 2.36. The van der Waals surface area contributed by atoms with E-state index >= 15 is 0 Å². The lowest BCUT2D eigenvalue weighted by Crippen LogP contribution is -2.47. The molecule has 9 heteroatoms. The number of terminal acetylenes is 1. The Balaban J connectivity index is 1.41. The van der Waals surface area contributed by atoms with Gasteiger partial charge >= 0.3 is 6.36 Å². The Hall–Kier alpha value is -2.91. The van der Waals surface area contributed by atoms with Gasteiger partial charge in [-0.25, -0.2) is 0 Å². The lowest BCUT2D eigenvalue weighted by Gasteiger charge is -2.30. The van der Waals surface area contributed by atoms with Crippen LogP contribution in [0, 0.1) is 23.7 Å². The van der Waals surface area contributed by atoms with Crippen LogP contribution in [-0.4, -0.2) is 47.9 Å². The lowest BCUT2D eigenvalue weighted by molar-refractivity contribution is -0.274. The van der Waals surface area contributed by atoms with Crippen molar-refractivity contribution >= 4 is 5.91 Å². The Labute approximate surface area is 179 Å². The number of halogens is 3. The van der Waals surface area contributed by atoms with Crippen LogP contribution >= 0.6 is 0 Å². The van der Waals surface area contributed by atoms with Crippen molar-refractivity contribution in [1.29, 1.82) is 5.26 Å². The van der Waals surface area contributed by atoms with E-state index in [0.29, 0.717) is 18.6 Å². The number of benzene rings is 1. The topological polar surface area (TPSA) is 74.6 Å². The summed E-state index contributed by atoms with van der Waals surface area (Å²) in [7, 11) is 0. The highest BCUT2D eigenvalue weighted by Crippen LogP contribution is 2.28. The van der Waals surface area contributed by atoms with Gasteiger partial charge in [0.2, 0.25) is 5.91 Å². The van der Waals surface area contributed by atoms with E-state index < -0.39 is 12.4 Å². The summed E-state index contributed by atoms with van der Waals surface area (Å²) >= 11 is 0. The van der Waals surface area contributed by atoms with E-state index in [4.69, 9.17) is 11.2 Å². The van der Waals surface area contributed by atoms with E-state index in [2.05, 4.69) is 22.0 Å². The second-order valence-electron chi connectivity index (χ2n) is 7.70. The minimum atomic E-state index is -4.72. The van der Waals surface area contributed by atoms with Crippen LogP contribution in [0.4, 0.5) is 13.2 Å². The van der Waals surface area contributed by atoms with E-state index in [9.17, 15) is 23.2 Å². The van der Waals surface area contributed by atoms with Gasteiger partial charge in [-0.2, -0.15) is 5.26 Å². The van der Waals surface area contributed by atoms with Crippen LogP contribution in [0.5, 0.6) is 11.5 Å². The largest absolute Gasteiger partial charge is 0.573 e. The van der Waals surface area contributed by atoms with Crippen molar-refractivity contribution < 1.29 is 27.4 Å². The minimum absolute atomic E-state index is 0.0458. The monoisotopic (exact) mass is 435 g/mol. The Kier molecular flexibility index (Phi) is 7.29. The molecule has 1 aromatic carbocycles. The molecule has 2 fully saturated rings. The molecule has 3 rings (SSSR count). The van der Waals surface area contributed by atoms with E-state index in [-0.39, 0.29) is 36.4 Å². The van der Waals surface area contributed by atoms with Gasteiger partial charge in [-0.15, -0.1) is 19.6 Å². The van der Waals surface area contributed by atoms with Crippen LogP contribution in [-0.2, 0) is 4.79 Å².